The zero-order valence-corrected chi connectivity index (χ0v) is 88.2. The van der Waals surface area contributed by atoms with E-state index >= 15 is 4.39 Å². The predicted molar refractivity (Wildman–Crippen MR) is 563 cm³/mol. The summed E-state index contributed by atoms with van der Waals surface area (Å²) in [5, 5.41) is 66.0. The van der Waals surface area contributed by atoms with Gasteiger partial charge in [-0.05, 0) is 183 Å². The van der Waals surface area contributed by atoms with Gasteiger partial charge in [0.05, 0.1) is 69.6 Å². The van der Waals surface area contributed by atoms with Crippen molar-refractivity contribution < 1.29 is 76.6 Å². The number of nitrogens with one attached hydrogen (secondary N) is 7. The average Bonchev–Trinajstić information content (AvgIpc) is 1.62. The third kappa shape index (κ3) is 30.5. The molecule has 5 fully saturated rings. The maximum atomic E-state index is 15.1. The first-order valence-corrected chi connectivity index (χ1v) is 51.9. The van der Waals surface area contributed by atoms with E-state index in [2.05, 4.69) is 108 Å². The molecule has 0 saturated carbocycles. The van der Waals surface area contributed by atoms with E-state index in [4.69, 9.17) is 55.6 Å². The number of ether oxygens (including phenoxy) is 4. The molecule has 0 spiro atoms. The first-order chi connectivity index (χ1) is 69.9. The minimum atomic E-state index is -1.07. The van der Waals surface area contributed by atoms with Gasteiger partial charge in [0.2, 0.25) is 17.7 Å². The molecule has 6 unspecified atom stereocenters. The highest BCUT2D eigenvalue weighted by Gasteiger charge is 2.35. The lowest BCUT2D eigenvalue weighted by Gasteiger charge is -2.40. The molecule has 0 aliphatic carbocycles. The van der Waals surface area contributed by atoms with Gasteiger partial charge < -0.3 is 87.9 Å². The van der Waals surface area contributed by atoms with Crippen molar-refractivity contribution in [1.82, 2.24) is 80.3 Å². The van der Waals surface area contributed by atoms with Gasteiger partial charge in [0.25, 0.3) is 0 Å². The number of benzene rings is 4. The van der Waals surface area contributed by atoms with Crippen LogP contribution >= 0.6 is 0 Å². The molecule has 35 nitrogen and oxygen atoms in total. The number of hydrogen-bond acceptors (Lipinski definition) is 25. The lowest BCUT2D eigenvalue weighted by Crippen LogP contribution is -2.54. The van der Waals surface area contributed by atoms with Gasteiger partial charge in [-0.25, -0.2) is 42.6 Å². The van der Waals surface area contributed by atoms with Gasteiger partial charge >= 0.3 is 24.0 Å². The number of piperazine rings is 2. The van der Waals surface area contributed by atoms with Gasteiger partial charge in [-0.3, -0.25) is 38.6 Å². The van der Waals surface area contributed by atoms with E-state index in [-0.39, 0.29) is 73.2 Å². The van der Waals surface area contributed by atoms with E-state index in [0.717, 1.165) is 248 Å². The highest BCUT2D eigenvalue weighted by Crippen LogP contribution is 2.37. The molecule has 794 valence electrons. The van der Waals surface area contributed by atoms with E-state index < -0.39 is 59.0 Å². The fraction of sp³-hybridized carbons (Fsp3) is 0.550. The lowest BCUT2D eigenvalue weighted by molar-refractivity contribution is -0.152. The first-order valence-electron chi connectivity index (χ1n) is 51.9. The molecule has 4 amide bonds. The van der Waals surface area contributed by atoms with Gasteiger partial charge in [0.1, 0.15) is 17.2 Å². The minimum Gasteiger partial charge on any atom is -0.481 e. The number of carbonyl (C=O) groups excluding carboxylic acids is 4. The Labute approximate surface area is 856 Å². The zero-order chi connectivity index (χ0) is 106. The van der Waals surface area contributed by atoms with Crippen LogP contribution in [0, 0.1) is 47.1 Å². The Morgan fingerprint density at radius 1 is 0.466 bits per heavy atom. The highest BCUT2D eigenvalue weighted by molar-refractivity contribution is 5.95. The maximum absolute atomic E-state index is 15.1. The third-order valence-corrected chi connectivity index (χ3v) is 28.1. The summed E-state index contributed by atoms with van der Waals surface area (Å²) in [6.07, 6.45) is 13.3. The van der Waals surface area contributed by atoms with Crippen LogP contribution in [0.5, 0.6) is 0 Å². The van der Waals surface area contributed by atoms with E-state index in [1.165, 1.54) is 26.0 Å². The third-order valence-electron chi connectivity index (χ3n) is 28.1. The van der Waals surface area contributed by atoms with Crippen LogP contribution in [0.15, 0.2) is 104 Å². The van der Waals surface area contributed by atoms with Crippen molar-refractivity contribution >= 4 is 91.9 Å². The van der Waals surface area contributed by atoms with E-state index in [1.54, 1.807) is 50.8 Å². The van der Waals surface area contributed by atoms with Crippen LogP contribution in [0.2, 0.25) is 0 Å². The molecule has 4 aromatic carbocycles. The number of amides is 4. The monoisotopic (exact) mass is 2020 g/mol. The SMILES string of the molecule is CC(C(=O)O)C(C)C(=O)O.CCc1nc2c(cnn2CC)c(NC2CCOCC2)c1CN.CCc1nc2c(cnn2CC)c(NC2CCOCC2)c1CNC(=O)C(C)C(C)C(=O)NCc1ccc(F)c(-c2cccc(CN3CCN[C@@H](C)C3)c2)c1.CCc1nc2c(cnn2CC)c(NC2CCOCC2)c1CNC(=O)C(C)C(C)C(=O)O.C[C@H]1CN(Cc2cccc(-c3cc(CN)ccc3F)c2)CCN1C(=O)OC(C)(C)C. The fourth-order valence-electron chi connectivity index (χ4n) is 18.6. The largest absolute Gasteiger partial charge is 0.481 e. The van der Waals surface area contributed by atoms with Crippen molar-refractivity contribution in [3.63, 3.8) is 0 Å². The number of aromatic nitrogens is 9. The minimum absolute atomic E-state index is 0.0652. The molecule has 6 aromatic heterocycles. The number of fused-ring (bicyclic) bond motifs is 3. The van der Waals surface area contributed by atoms with Gasteiger partial charge in [0, 0.05) is 237 Å². The second kappa shape index (κ2) is 54.4. The number of hydrogen-bond donors (Lipinski definition) is 12. The average molecular weight is 2020 g/mol. The maximum Gasteiger partial charge on any atom is 0.410 e. The second-order valence-corrected chi connectivity index (χ2v) is 39.7. The molecule has 5 aliphatic heterocycles. The Balaban J connectivity index is 0.000000188. The number of carboxylic acids is 3. The second-order valence-electron chi connectivity index (χ2n) is 39.7. The number of halogens is 2. The Kier molecular flexibility index (Phi) is 42.5. The molecule has 11 heterocycles. The highest BCUT2D eigenvalue weighted by atomic mass is 19.1. The Morgan fingerprint density at radius 2 is 0.836 bits per heavy atom. The number of carboxylic acid groups (broad SMARTS) is 3. The Morgan fingerprint density at radius 3 is 1.21 bits per heavy atom. The van der Waals surface area contributed by atoms with Crippen LogP contribution < -0.4 is 48.7 Å². The predicted octanol–water partition coefficient (Wildman–Crippen LogP) is 14.9. The summed E-state index contributed by atoms with van der Waals surface area (Å²) in [5.74, 6) is -8.62. The van der Waals surface area contributed by atoms with Crippen LogP contribution in [0.1, 0.15) is 212 Å². The van der Waals surface area contributed by atoms with E-state index in [1.807, 2.05) is 118 Å². The molecule has 0 bridgehead atoms. The van der Waals surface area contributed by atoms with Crippen molar-refractivity contribution in [1.29, 1.82) is 0 Å². The van der Waals surface area contributed by atoms with Crippen LogP contribution in [-0.2, 0) is 132 Å². The normalized spacial score (nSPS) is 17.3. The topological polar surface area (TPSA) is 455 Å². The standard InChI is InChI=1S/C41H55FN8O3.C24H32FN3O2.C22H33N5O4.C16H25N5O.C6H10O4/c1-6-37-34(38(47-32-13-17-53-18-14-32)35-23-46-50(7-2)39(35)48-37)22-45-41(52)28(5)27(4)40(51)44-21-29-11-12-36(42)33(20-29)31-10-8-9-30(19-31)25-49-16-15-43-26(3)24-49;1-17-15-27(10-11-28(17)23(29)30-24(2,3)4)16-19-6-5-7-20(12-19)21-13-18(14-26)8-9-22(21)25;1-5-18-16(11-23-21(28)13(3)14(4)22(29)30)19(25-15-7-9-31-10-8-15)17-12-24-27(6-2)20(17)26-18;1-3-14-12(9-17)15(19-11-5-7-22-8-6-11)13-10-18-21(4-2)16(13)20-14;1-3(5(7)8)4(2)6(9)10/h8-12,19-20,23,26-28,32,43H,6-7,13-18,21-22,24-25H2,1-5H3,(H,44,51)(H,45,52)(H,47,48);5-9,12-13,17H,10-11,14-16,26H2,1-4H3;12-15H,5-11H2,1-4H3,(H,23,28)(H,25,26)(H,29,30);10-11H,3-9,17H2,1-2H3,(H,19,20);3-4H,1-2H3,(H,7,8)(H,9,10)/t26-,27?,28?;17-;;;/m00.../s1. The zero-order valence-electron chi connectivity index (χ0n) is 88.2. The molecule has 10 aromatic rings. The van der Waals surface area contributed by atoms with Crippen LogP contribution in [0.4, 0.5) is 30.6 Å². The van der Waals surface area contributed by atoms with Gasteiger partial charge in [-0.2, -0.15) is 15.3 Å². The molecule has 8 atom stereocenters. The van der Waals surface area contributed by atoms with Crippen molar-refractivity contribution in [2.24, 2.45) is 47.0 Å². The number of aliphatic carboxylic acids is 3. The molecule has 0 radical (unpaired) electrons. The van der Waals surface area contributed by atoms with E-state index in [0.29, 0.717) is 75.4 Å². The lowest BCUT2D eigenvalue weighted by atomic mass is 9.93. The summed E-state index contributed by atoms with van der Waals surface area (Å²) < 4.78 is 57.3. The Hall–Kier alpha value is -12.2. The fourth-order valence-corrected chi connectivity index (χ4v) is 18.6. The smallest absolute Gasteiger partial charge is 0.410 e. The van der Waals surface area contributed by atoms with Crippen molar-refractivity contribution in [3.05, 3.63) is 171 Å². The molecular formula is C109H155F2N21O14. The number of aryl methyl sites for hydroxylation is 6. The van der Waals surface area contributed by atoms with Crippen LogP contribution in [0.25, 0.3) is 55.4 Å². The molecule has 5 aliphatic rings. The van der Waals surface area contributed by atoms with Gasteiger partial charge in [-0.15, -0.1) is 0 Å². The van der Waals surface area contributed by atoms with Crippen LogP contribution in [0.3, 0.4) is 0 Å². The molecular weight excluding hydrogens is 1870 g/mol. The van der Waals surface area contributed by atoms with Crippen molar-refractivity contribution in [3.8, 4) is 22.3 Å². The van der Waals surface area contributed by atoms with E-state index in [9.17, 15) is 43.1 Å². The molecule has 5 saturated heterocycles. The number of anilines is 3. The number of carbonyl (C=O) groups is 7. The van der Waals surface area contributed by atoms with Crippen LogP contribution in [-0.4, -0.2) is 231 Å². The number of nitrogens with two attached hydrogens (primary N) is 2. The summed E-state index contributed by atoms with van der Waals surface area (Å²) in [5.41, 5.74) is 29.4. The molecule has 15 rings (SSSR count). The molecule has 37 heteroatoms. The van der Waals surface area contributed by atoms with Gasteiger partial charge in [-0.1, -0.05) is 111 Å². The summed E-state index contributed by atoms with van der Waals surface area (Å²) in [7, 11) is 0. The van der Waals surface area contributed by atoms with Crippen molar-refractivity contribution in [2.75, 3.05) is 94.9 Å². The molecule has 14 N–H and O–H groups in total. The molecule has 146 heavy (non-hydrogen) atoms. The first kappa shape index (κ1) is 114. The number of rotatable bonds is 35. The summed E-state index contributed by atoms with van der Waals surface area (Å²) >= 11 is 0. The Bertz CT molecular complexity index is 6030. The van der Waals surface area contributed by atoms with Crippen molar-refractivity contribution in [2.45, 2.75) is 277 Å². The summed E-state index contributed by atoms with van der Waals surface area (Å²) in [4.78, 5) is 105. The quantitative estimate of drug-likeness (QED) is 0.0175. The number of pyridine rings is 3. The summed E-state index contributed by atoms with van der Waals surface area (Å²) in [6, 6.07) is 27.4. The number of nitrogens with zero attached hydrogens (tertiary/aromatic N) is 12. The summed E-state index contributed by atoms with van der Waals surface area (Å²) in [6.45, 7) is 46.8. The van der Waals surface area contributed by atoms with Gasteiger partial charge in [0.15, 0.2) is 16.9 Å².